The summed E-state index contributed by atoms with van der Waals surface area (Å²) in [6, 6.07) is 0. The van der Waals surface area contributed by atoms with Crippen LogP contribution in [0.15, 0.2) is 12.7 Å². The summed E-state index contributed by atoms with van der Waals surface area (Å²) in [5, 5.41) is 20.1. The van der Waals surface area contributed by atoms with Crippen LogP contribution in [-0.2, 0) is 25.2 Å². The summed E-state index contributed by atoms with van der Waals surface area (Å²) in [5.41, 5.74) is 6.25. The Morgan fingerprint density at radius 3 is 2.48 bits per heavy atom. The Kier molecular flexibility index (Phi) is 6.92. The molecule has 0 spiro atoms. The predicted molar refractivity (Wildman–Crippen MR) is 87.1 cm³/mol. The second-order valence-electron chi connectivity index (χ2n) is 5.15. The van der Waals surface area contributed by atoms with Crippen molar-refractivity contribution >= 4 is 36.2 Å². The van der Waals surface area contributed by atoms with E-state index in [1.165, 1.54) is 17.2 Å². The SMILES string of the molecule is Nc1ncnc2c1ncn2[C@@H]1O[C@H](COP(=O)(O)O)[C@@H](O)[C@H]1O.O=S(O)O. The van der Waals surface area contributed by atoms with Crippen LogP contribution in [0.1, 0.15) is 6.23 Å². The maximum atomic E-state index is 10.7. The summed E-state index contributed by atoms with van der Waals surface area (Å²) in [4.78, 5) is 29.2. The number of aliphatic hydroxyl groups is 2. The number of anilines is 1. The molecule has 1 saturated heterocycles. The highest BCUT2D eigenvalue weighted by atomic mass is 32.2. The number of rotatable bonds is 4. The van der Waals surface area contributed by atoms with Crippen LogP contribution in [0.5, 0.6) is 0 Å². The van der Waals surface area contributed by atoms with Gasteiger partial charge < -0.3 is 30.5 Å². The molecule has 17 heteroatoms. The van der Waals surface area contributed by atoms with E-state index in [2.05, 4.69) is 19.5 Å². The first kappa shape index (κ1) is 21.7. The lowest BCUT2D eigenvalue weighted by atomic mass is 10.1. The number of fused-ring (bicyclic) bond motifs is 1. The standard InChI is InChI=1S/C10H14N5O7P.H2O3S/c11-8-5-9(13-2-12-8)15(3-14-5)10-7(17)6(16)4(22-10)1-21-23(18,19)20;1-4(2)3/h2-4,6-7,10,16-17H,1H2,(H2,11,12,13)(H2,18,19,20);(H2,1,2,3)/t4-,6-,7-,10-;/m1./s1. The van der Waals surface area contributed by atoms with Crippen LogP contribution in [0.25, 0.3) is 11.2 Å². The van der Waals surface area contributed by atoms with Crippen molar-refractivity contribution in [2.75, 3.05) is 12.3 Å². The minimum absolute atomic E-state index is 0.142. The zero-order valence-electron chi connectivity index (χ0n) is 13.2. The van der Waals surface area contributed by atoms with Crippen molar-refractivity contribution in [3.05, 3.63) is 12.7 Å². The van der Waals surface area contributed by atoms with E-state index < -0.39 is 50.3 Å². The Bertz CT molecular complexity index is 856. The quantitative estimate of drug-likeness (QED) is 0.202. The normalized spacial score (nSPS) is 25.6. The van der Waals surface area contributed by atoms with Gasteiger partial charge in [-0.25, -0.2) is 19.5 Å². The van der Waals surface area contributed by atoms with Gasteiger partial charge in [0.05, 0.1) is 12.9 Å². The van der Waals surface area contributed by atoms with Gasteiger partial charge in [-0.2, -0.15) is 4.21 Å². The van der Waals surface area contributed by atoms with Crippen molar-refractivity contribution in [3.8, 4) is 0 Å². The summed E-state index contributed by atoms with van der Waals surface area (Å²) in [5.74, 6) is 0.142. The van der Waals surface area contributed by atoms with Gasteiger partial charge in [-0.05, 0) is 0 Å². The molecule has 2 aromatic rings. The molecule has 1 fully saturated rings. The molecule has 3 heterocycles. The van der Waals surface area contributed by atoms with Crippen LogP contribution in [0.2, 0.25) is 0 Å². The topological polar surface area (TPSA) is 244 Å². The predicted octanol–water partition coefficient (Wildman–Crippen LogP) is -2.18. The number of nitrogens with zero attached hydrogens (tertiary/aromatic N) is 4. The Hall–Kier alpha value is -1.59. The minimum atomic E-state index is -4.72. The van der Waals surface area contributed by atoms with Crippen LogP contribution < -0.4 is 5.73 Å². The Morgan fingerprint density at radius 2 is 1.89 bits per heavy atom. The minimum Gasteiger partial charge on any atom is -0.387 e. The summed E-state index contributed by atoms with van der Waals surface area (Å²) in [7, 11) is -4.72. The summed E-state index contributed by atoms with van der Waals surface area (Å²) < 4.78 is 44.6. The third-order valence-corrected chi connectivity index (χ3v) is 3.89. The van der Waals surface area contributed by atoms with Crippen molar-refractivity contribution in [2.45, 2.75) is 24.5 Å². The van der Waals surface area contributed by atoms with Crippen LogP contribution in [-0.4, -0.2) is 77.8 Å². The number of ether oxygens (including phenoxy) is 1. The number of nitrogen functional groups attached to an aromatic ring is 1. The first-order valence-corrected chi connectivity index (χ1v) is 9.55. The van der Waals surface area contributed by atoms with E-state index in [9.17, 15) is 14.8 Å². The number of phosphoric acid groups is 1. The molecule has 2 aromatic heterocycles. The monoisotopic (exact) mass is 429 g/mol. The maximum Gasteiger partial charge on any atom is 0.469 e. The molecule has 0 amide bonds. The lowest BCUT2D eigenvalue weighted by Gasteiger charge is -2.16. The molecule has 8 N–H and O–H groups in total. The van der Waals surface area contributed by atoms with Crippen molar-refractivity contribution in [2.24, 2.45) is 0 Å². The molecule has 1 aliphatic rings. The zero-order chi connectivity index (χ0) is 20.4. The smallest absolute Gasteiger partial charge is 0.387 e. The van der Waals surface area contributed by atoms with Crippen molar-refractivity contribution in [1.29, 1.82) is 0 Å². The molecule has 152 valence electrons. The molecule has 27 heavy (non-hydrogen) atoms. The van der Waals surface area contributed by atoms with Gasteiger partial charge in [0.15, 0.2) is 17.7 Å². The number of aromatic nitrogens is 4. The fourth-order valence-electron chi connectivity index (χ4n) is 2.32. The number of hydrogen-bond acceptors (Lipinski definition) is 10. The summed E-state index contributed by atoms with van der Waals surface area (Å²) in [6.45, 7) is -0.594. The molecular formula is C10H16N5O10PS. The van der Waals surface area contributed by atoms with Gasteiger partial charge >= 0.3 is 7.82 Å². The lowest BCUT2D eigenvalue weighted by molar-refractivity contribution is -0.0504. The van der Waals surface area contributed by atoms with Gasteiger partial charge in [0.2, 0.25) is 0 Å². The van der Waals surface area contributed by atoms with E-state index >= 15 is 0 Å². The number of imidazole rings is 1. The van der Waals surface area contributed by atoms with Gasteiger partial charge in [-0.15, -0.1) is 0 Å². The maximum absolute atomic E-state index is 10.7. The Labute approximate surface area is 153 Å². The van der Waals surface area contributed by atoms with Gasteiger partial charge in [0.25, 0.3) is 11.4 Å². The van der Waals surface area contributed by atoms with Gasteiger partial charge in [0.1, 0.15) is 30.2 Å². The van der Waals surface area contributed by atoms with E-state index in [0.717, 1.165) is 0 Å². The average molecular weight is 429 g/mol. The third kappa shape index (κ3) is 5.45. The molecule has 0 radical (unpaired) electrons. The zero-order valence-corrected chi connectivity index (χ0v) is 14.9. The molecule has 0 unspecified atom stereocenters. The average Bonchev–Trinajstić information content (AvgIpc) is 3.08. The number of aliphatic hydroxyl groups excluding tert-OH is 2. The second-order valence-corrected chi connectivity index (χ2v) is 6.85. The molecule has 0 bridgehead atoms. The Balaban J connectivity index is 0.000000596. The summed E-state index contributed by atoms with van der Waals surface area (Å²) in [6.07, 6.45) is -2.49. The number of hydrogen-bond donors (Lipinski definition) is 7. The molecular weight excluding hydrogens is 413 g/mol. The van der Waals surface area contributed by atoms with E-state index in [0.29, 0.717) is 5.52 Å². The lowest BCUT2D eigenvalue weighted by Crippen LogP contribution is -2.33. The fourth-order valence-corrected chi connectivity index (χ4v) is 2.66. The molecule has 15 nitrogen and oxygen atoms in total. The first-order valence-electron chi connectivity index (χ1n) is 6.96. The van der Waals surface area contributed by atoms with Gasteiger partial charge in [-0.1, -0.05) is 0 Å². The molecule has 3 rings (SSSR count). The fraction of sp³-hybridized carbons (Fsp3) is 0.500. The van der Waals surface area contributed by atoms with E-state index in [1.54, 1.807) is 0 Å². The highest BCUT2D eigenvalue weighted by molar-refractivity contribution is 7.73. The van der Waals surface area contributed by atoms with E-state index in [-0.39, 0.29) is 11.5 Å². The van der Waals surface area contributed by atoms with Gasteiger partial charge in [-0.3, -0.25) is 18.2 Å². The van der Waals surface area contributed by atoms with Crippen molar-refractivity contribution in [3.63, 3.8) is 0 Å². The second kappa shape index (κ2) is 8.61. The van der Waals surface area contributed by atoms with Gasteiger partial charge in [0, 0.05) is 0 Å². The van der Waals surface area contributed by atoms with Crippen LogP contribution >= 0.6 is 7.82 Å². The van der Waals surface area contributed by atoms with E-state index in [1.807, 2.05) is 0 Å². The third-order valence-electron chi connectivity index (χ3n) is 3.41. The molecule has 0 saturated carbocycles. The van der Waals surface area contributed by atoms with Crippen LogP contribution in [0.4, 0.5) is 5.82 Å². The number of phosphoric ester groups is 1. The number of nitrogens with two attached hydrogens (primary N) is 1. The van der Waals surface area contributed by atoms with Crippen molar-refractivity contribution in [1.82, 2.24) is 19.5 Å². The summed E-state index contributed by atoms with van der Waals surface area (Å²) >= 11 is -2.61. The first-order chi connectivity index (χ1) is 12.5. The van der Waals surface area contributed by atoms with E-state index in [4.69, 9.17) is 33.6 Å². The molecule has 1 aliphatic heterocycles. The van der Waals surface area contributed by atoms with Crippen LogP contribution in [0.3, 0.4) is 0 Å². The Morgan fingerprint density at radius 1 is 1.26 bits per heavy atom. The molecule has 0 aliphatic carbocycles. The van der Waals surface area contributed by atoms with Crippen LogP contribution in [0, 0.1) is 0 Å². The highest BCUT2D eigenvalue weighted by Gasteiger charge is 2.45. The highest BCUT2D eigenvalue weighted by Crippen LogP contribution is 2.38. The molecule has 0 aromatic carbocycles. The molecule has 4 atom stereocenters. The van der Waals surface area contributed by atoms with Crippen molar-refractivity contribution < 1.29 is 47.1 Å². The largest absolute Gasteiger partial charge is 0.469 e.